The summed E-state index contributed by atoms with van der Waals surface area (Å²) < 4.78 is 22.9. The number of amides is 2. The number of nitrogens with one attached hydrogen (secondary N) is 2. The van der Waals surface area contributed by atoms with Crippen molar-refractivity contribution in [3.63, 3.8) is 0 Å². The Kier molecular flexibility index (Phi) is 5.27. The molecule has 9 heteroatoms. The van der Waals surface area contributed by atoms with Gasteiger partial charge >= 0.3 is 0 Å². The zero-order chi connectivity index (χ0) is 18.6. The lowest BCUT2D eigenvalue weighted by Crippen LogP contribution is -2.36. The first-order valence-corrected chi connectivity index (χ1v) is 9.91. The van der Waals surface area contributed by atoms with Crippen LogP contribution in [0.5, 0.6) is 0 Å². The first-order valence-electron chi connectivity index (χ1n) is 8.09. The van der Waals surface area contributed by atoms with Crippen molar-refractivity contribution in [2.24, 2.45) is 0 Å². The number of aromatic nitrogens is 2. The molecule has 3 heterocycles. The Morgan fingerprint density at radius 2 is 1.85 bits per heavy atom. The fourth-order valence-electron chi connectivity index (χ4n) is 2.62. The van der Waals surface area contributed by atoms with Crippen molar-refractivity contribution in [3.05, 3.63) is 59.7 Å². The Morgan fingerprint density at radius 3 is 2.50 bits per heavy atom. The van der Waals surface area contributed by atoms with Crippen molar-refractivity contribution in [1.82, 2.24) is 20.6 Å². The Morgan fingerprint density at radius 1 is 1.08 bits per heavy atom. The van der Waals surface area contributed by atoms with Gasteiger partial charge in [0.05, 0.1) is 23.7 Å². The molecule has 2 aromatic rings. The van der Waals surface area contributed by atoms with Gasteiger partial charge in [-0.1, -0.05) is 12.1 Å². The average molecular weight is 374 g/mol. The molecule has 1 fully saturated rings. The summed E-state index contributed by atoms with van der Waals surface area (Å²) in [5.74, 6) is -0.912. The van der Waals surface area contributed by atoms with Crippen LogP contribution in [-0.4, -0.2) is 47.7 Å². The third-order valence-electron chi connectivity index (χ3n) is 3.94. The van der Waals surface area contributed by atoms with Crippen LogP contribution in [0, 0.1) is 0 Å². The summed E-state index contributed by atoms with van der Waals surface area (Å²) in [5, 5.41) is 5.34. The first-order chi connectivity index (χ1) is 12.4. The van der Waals surface area contributed by atoms with Crippen molar-refractivity contribution in [2.45, 2.75) is 19.0 Å². The van der Waals surface area contributed by atoms with Gasteiger partial charge in [0.2, 0.25) is 0 Å². The second-order valence-corrected chi connectivity index (χ2v) is 8.21. The minimum atomic E-state index is -3.08. The van der Waals surface area contributed by atoms with Crippen LogP contribution in [0.4, 0.5) is 0 Å². The monoisotopic (exact) mass is 374 g/mol. The first kappa shape index (κ1) is 18.0. The van der Waals surface area contributed by atoms with Crippen LogP contribution in [0.1, 0.15) is 33.1 Å². The molecule has 8 nitrogen and oxygen atoms in total. The standard InChI is InChI=1S/C17H18N4O4S/c22-16(19-10-12-4-1-2-8-18-12)14-5-3-6-15(21-14)17(23)20-13-7-9-26(24,25)11-13/h1-6,8,13H,7,9-11H2,(H,19,22)(H,20,23). The van der Waals surface area contributed by atoms with Gasteiger partial charge in [0.15, 0.2) is 9.84 Å². The Balaban J connectivity index is 1.62. The van der Waals surface area contributed by atoms with Crippen LogP contribution < -0.4 is 10.6 Å². The number of pyridine rings is 2. The van der Waals surface area contributed by atoms with Gasteiger partial charge in [-0.15, -0.1) is 0 Å². The Labute approximate surface area is 151 Å². The van der Waals surface area contributed by atoms with E-state index in [9.17, 15) is 18.0 Å². The molecule has 1 saturated heterocycles. The normalized spacial score (nSPS) is 18.2. The zero-order valence-corrected chi connectivity index (χ0v) is 14.7. The zero-order valence-electron chi connectivity index (χ0n) is 13.9. The highest BCUT2D eigenvalue weighted by Gasteiger charge is 2.29. The molecule has 1 aliphatic heterocycles. The lowest BCUT2D eigenvalue weighted by Gasteiger charge is -2.11. The summed E-state index contributed by atoms with van der Waals surface area (Å²) in [6, 6.07) is 9.51. The highest BCUT2D eigenvalue weighted by atomic mass is 32.2. The number of hydrogen-bond donors (Lipinski definition) is 2. The highest BCUT2D eigenvalue weighted by molar-refractivity contribution is 7.91. The topological polar surface area (TPSA) is 118 Å². The van der Waals surface area contributed by atoms with Crippen molar-refractivity contribution in [1.29, 1.82) is 0 Å². The molecule has 2 N–H and O–H groups in total. The Hall–Kier alpha value is -2.81. The van der Waals surface area contributed by atoms with E-state index in [0.717, 1.165) is 0 Å². The van der Waals surface area contributed by atoms with E-state index < -0.39 is 27.7 Å². The highest BCUT2D eigenvalue weighted by Crippen LogP contribution is 2.12. The average Bonchev–Trinajstić information content (AvgIpc) is 2.99. The molecule has 2 amide bonds. The summed E-state index contributed by atoms with van der Waals surface area (Å²) in [7, 11) is -3.08. The predicted molar refractivity (Wildman–Crippen MR) is 94.2 cm³/mol. The Bertz CT molecular complexity index is 915. The third-order valence-corrected chi connectivity index (χ3v) is 5.71. The van der Waals surface area contributed by atoms with E-state index in [-0.39, 0.29) is 29.4 Å². The van der Waals surface area contributed by atoms with Gasteiger partial charge in [-0.25, -0.2) is 13.4 Å². The number of hydrogen-bond acceptors (Lipinski definition) is 6. The molecule has 0 saturated carbocycles. The van der Waals surface area contributed by atoms with Gasteiger partial charge in [0.25, 0.3) is 11.8 Å². The SMILES string of the molecule is O=C(NCc1ccccn1)c1cccc(C(=O)NC2CCS(=O)(=O)C2)n1. The maximum Gasteiger partial charge on any atom is 0.270 e. The summed E-state index contributed by atoms with van der Waals surface area (Å²) >= 11 is 0. The van der Waals surface area contributed by atoms with Gasteiger partial charge in [-0.3, -0.25) is 14.6 Å². The second kappa shape index (κ2) is 7.61. The smallest absolute Gasteiger partial charge is 0.270 e. The summed E-state index contributed by atoms with van der Waals surface area (Å²) in [6.45, 7) is 0.248. The van der Waals surface area contributed by atoms with Crippen LogP contribution in [0.15, 0.2) is 42.6 Å². The molecule has 3 rings (SSSR count). The predicted octanol–water partition coefficient (Wildman–Crippen LogP) is 0.323. The molecule has 0 radical (unpaired) electrons. The van der Waals surface area contributed by atoms with Crippen LogP contribution in [0.25, 0.3) is 0 Å². The largest absolute Gasteiger partial charge is 0.347 e. The molecule has 1 atom stereocenters. The molecular formula is C17H18N4O4S. The number of carbonyl (C=O) groups excluding carboxylic acids is 2. The molecule has 1 unspecified atom stereocenters. The summed E-state index contributed by atoms with van der Waals surface area (Å²) in [5.41, 5.74) is 0.879. The number of carbonyl (C=O) groups is 2. The molecule has 2 aromatic heterocycles. The number of rotatable bonds is 5. The van der Waals surface area contributed by atoms with Crippen molar-refractivity contribution in [2.75, 3.05) is 11.5 Å². The molecule has 136 valence electrons. The molecule has 0 bridgehead atoms. The number of nitrogens with zero attached hydrogens (tertiary/aromatic N) is 2. The molecular weight excluding hydrogens is 356 g/mol. The van der Waals surface area contributed by atoms with Gasteiger partial charge in [0.1, 0.15) is 11.4 Å². The van der Waals surface area contributed by atoms with Crippen LogP contribution >= 0.6 is 0 Å². The van der Waals surface area contributed by atoms with Gasteiger partial charge in [-0.2, -0.15) is 0 Å². The van der Waals surface area contributed by atoms with Gasteiger partial charge < -0.3 is 10.6 Å². The maximum absolute atomic E-state index is 12.3. The third kappa shape index (κ3) is 4.63. The van der Waals surface area contributed by atoms with Crippen molar-refractivity contribution >= 4 is 21.7 Å². The van der Waals surface area contributed by atoms with E-state index in [0.29, 0.717) is 12.1 Å². The van der Waals surface area contributed by atoms with E-state index in [4.69, 9.17) is 0 Å². The molecule has 0 aromatic carbocycles. The van der Waals surface area contributed by atoms with E-state index in [1.54, 1.807) is 24.4 Å². The molecule has 0 aliphatic carbocycles. The minimum Gasteiger partial charge on any atom is -0.347 e. The van der Waals surface area contributed by atoms with E-state index >= 15 is 0 Å². The maximum atomic E-state index is 12.3. The fraction of sp³-hybridized carbons (Fsp3) is 0.294. The lowest BCUT2D eigenvalue weighted by atomic mass is 10.2. The number of sulfone groups is 1. The van der Waals surface area contributed by atoms with Crippen LogP contribution in [0.3, 0.4) is 0 Å². The van der Waals surface area contributed by atoms with Crippen molar-refractivity contribution < 1.29 is 18.0 Å². The van der Waals surface area contributed by atoms with Gasteiger partial charge in [-0.05, 0) is 30.7 Å². The van der Waals surface area contributed by atoms with E-state index in [2.05, 4.69) is 20.6 Å². The summed E-state index contributed by atoms with van der Waals surface area (Å²) in [6.07, 6.45) is 2.02. The van der Waals surface area contributed by atoms with E-state index in [1.165, 1.54) is 12.1 Å². The quantitative estimate of drug-likeness (QED) is 0.778. The van der Waals surface area contributed by atoms with Gasteiger partial charge in [0, 0.05) is 12.2 Å². The van der Waals surface area contributed by atoms with Crippen LogP contribution in [-0.2, 0) is 16.4 Å². The molecule has 0 spiro atoms. The minimum absolute atomic E-state index is 0.0665. The van der Waals surface area contributed by atoms with Crippen molar-refractivity contribution in [3.8, 4) is 0 Å². The van der Waals surface area contributed by atoms with Crippen LogP contribution in [0.2, 0.25) is 0 Å². The second-order valence-electron chi connectivity index (χ2n) is 5.99. The summed E-state index contributed by atoms with van der Waals surface area (Å²) in [4.78, 5) is 32.6. The lowest BCUT2D eigenvalue weighted by molar-refractivity contribution is 0.0934. The molecule has 26 heavy (non-hydrogen) atoms. The van der Waals surface area contributed by atoms with E-state index in [1.807, 2.05) is 6.07 Å². The fourth-order valence-corrected chi connectivity index (χ4v) is 4.29. The molecule has 1 aliphatic rings.